The van der Waals surface area contributed by atoms with Gasteiger partial charge in [0.2, 0.25) is 0 Å². The largest absolute Gasteiger partial charge is 0.416 e. The zero-order valence-corrected chi connectivity index (χ0v) is 12.0. The van der Waals surface area contributed by atoms with Crippen LogP contribution in [0.1, 0.15) is 37.4 Å². The summed E-state index contributed by atoms with van der Waals surface area (Å²) in [6.07, 6.45) is 1.85. The molecule has 0 N–H and O–H groups in total. The monoisotopic (exact) mass is 293 g/mol. The standard InChI is InChI=1S/C17H18F3N/c1-2-3-4-5-16-11-8-14(12-21-16)13-6-9-15(10-7-13)17(18,19)20/h6-12H,2-5H2,1H3. The summed E-state index contributed by atoms with van der Waals surface area (Å²) in [5.41, 5.74) is 1.98. The van der Waals surface area contributed by atoms with Crippen LogP contribution in [0.25, 0.3) is 11.1 Å². The molecule has 0 saturated carbocycles. The third-order valence-corrected chi connectivity index (χ3v) is 3.41. The summed E-state index contributed by atoms with van der Waals surface area (Å²) in [4.78, 5) is 4.38. The topological polar surface area (TPSA) is 12.9 Å². The van der Waals surface area contributed by atoms with Gasteiger partial charge in [0, 0.05) is 17.5 Å². The van der Waals surface area contributed by atoms with Crippen LogP contribution in [0.15, 0.2) is 42.6 Å². The van der Waals surface area contributed by atoms with Gasteiger partial charge in [0.1, 0.15) is 0 Å². The second-order valence-corrected chi connectivity index (χ2v) is 5.07. The maximum Gasteiger partial charge on any atom is 0.416 e. The van der Waals surface area contributed by atoms with E-state index in [1.165, 1.54) is 25.0 Å². The Morgan fingerprint density at radius 2 is 1.57 bits per heavy atom. The number of halogens is 3. The molecule has 2 aromatic rings. The minimum atomic E-state index is -4.29. The first-order valence-electron chi connectivity index (χ1n) is 7.13. The number of alkyl halides is 3. The quantitative estimate of drug-likeness (QED) is 0.663. The highest BCUT2D eigenvalue weighted by Gasteiger charge is 2.29. The van der Waals surface area contributed by atoms with Crippen molar-refractivity contribution in [3.05, 3.63) is 53.9 Å². The predicted octanol–water partition coefficient (Wildman–Crippen LogP) is 5.50. The number of pyridine rings is 1. The fourth-order valence-corrected chi connectivity index (χ4v) is 2.15. The SMILES string of the molecule is CCCCCc1ccc(-c2ccc(C(F)(F)F)cc2)cn1. The van der Waals surface area contributed by atoms with Crippen LogP contribution in [0.2, 0.25) is 0 Å². The number of rotatable bonds is 5. The number of hydrogen-bond acceptors (Lipinski definition) is 1. The Balaban J connectivity index is 2.08. The van der Waals surface area contributed by atoms with Crippen molar-refractivity contribution < 1.29 is 13.2 Å². The van der Waals surface area contributed by atoms with Crippen LogP contribution in [-0.2, 0) is 12.6 Å². The van der Waals surface area contributed by atoms with Gasteiger partial charge in [-0.05, 0) is 36.6 Å². The number of aromatic nitrogens is 1. The van der Waals surface area contributed by atoms with Gasteiger partial charge in [-0.3, -0.25) is 4.98 Å². The van der Waals surface area contributed by atoms with Crippen LogP contribution in [0, 0.1) is 0 Å². The number of aryl methyl sites for hydroxylation is 1. The Bertz CT molecular complexity index is 556. The summed E-state index contributed by atoms with van der Waals surface area (Å²) in [7, 11) is 0. The van der Waals surface area contributed by atoms with Crippen molar-refractivity contribution >= 4 is 0 Å². The minimum Gasteiger partial charge on any atom is -0.261 e. The highest BCUT2D eigenvalue weighted by molar-refractivity contribution is 5.62. The first-order chi connectivity index (χ1) is 10.0. The summed E-state index contributed by atoms with van der Waals surface area (Å²) in [5.74, 6) is 0. The van der Waals surface area contributed by atoms with Crippen molar-refractivity contribution in [1.82, 2.24) is 4.98 Å². The summed E-state index contributed by atoms with van der Waals surface area (Å²) >= 11 is 0. The van der Waals surface area contributed by atoms with Crippen molar-refractivity contribution in [3.63, 3.8) is 0 Å². The zero-order chi connectivity index (χ0) is 15.3. The van der Waals surface area contributed by atoms with E-state index >= 15 is 0 Å². The van der Waals surface area contributed by atoms with Gasteiger partial charge < -0.3 is 0 Å². The smallest absolute Gasteiger partial charge is 0.261 e. The van der Waals surface area contributed by atoms with Gasteiger partial charge in [-0.15, -0.1) is 0 Å². The Hall–Kier alpha value is -1.84. The highest BCUT2D eigenvalue weighted by atomic mass is 19.4. The number of benzene rings is 1. The maximum atomic E-state index is 12.5. The number of nitrogens with zero attached hydrogens (tertiary/aromatic N) is 1. The van der Waals surface area contributed by atoms with Crippen LogP contribution in [0.5, 0.6) is 0 Å². The molecule has 0 spiro atoms. The fourth-order valence-electron chi connectivity index (χ4n) is 2.15. The fraction of sp³-hybridized carbons (Fsp3) is 0.353. The van der Waals surface area contributed by atoms with Crippen molar-refractivity contribution in [2.75, 3.05) is 0 Å². The average molecular weight is 293 g/mol. The van der Waals surface area contributed by atoms with Gasteiger partial charge in [-0.2, -0.15) is 13.2 Å². The van der Waals surface area contributed by atoms with E-state index in [0.29, 0.717) is 0 Å². The molecule has 1 heterocycles. The van der Waals surface area contributed by atoms with Crippen LogP contribution in [0.3, 0.4) is 0 Å². The lowest BCUT2D eigenvalue weighted by molar-refractivity contribution is -0.137. The maximum absolute atomic E-state index is 12.5. The molecular formula is C17H18F3N. The summed E-state index contributed by atoms with van der Waals surface area (Å²) in [5, 5.41) is 0. The molecule has 0 aliphatic rings. The highest BCUT2D eigenvalue weighted by Crippen LogP contribution is 2.30. The molecule has 1 aromatic carbocycles. The van der Waals surface area contributed by atoms with E-state index < -0.39 is 11.7 Å². The molecular weight excluding hydrogens is 275 g/mol. The van der Waals surface area contributed by atoms with Gasteiger partial charge in [-0.1, -0.05) is 38.0 Å². The molecule has 21 heavy (non-hydrogen) atoms. The number of unbranched alkanes of at least 4 members (excludes halogenated alkanes) is 2. The van der Waals surface area contributed by atoms with Crippen molar-refractivity contribution in [1.29, 1.82) is 0 Å². The van der Waals surface area contributed by atoms with Gasteiger partial charge in [0.05, 0.1) is 5.56 Å². The average Bonchev–Trinajstić information content (AvgIpc) is 2.48. The second-order valence-electron chi connectivity index (χ2n) is 5.07. The molecule has 0 aliphatic carbocycles. The molecule has 0 aliphatic heterocycles. The van der Waals surface area contributed by atoms with Gasteiger partial charge in [-0.25, -0.2) is 0 Å². The normalized spacial score (nSPS) is 11.6. The third kappa shape index (κ3) is 4.31. The van der Waals surface area contributed by atoms with Crippen LogP contribution in [-0.4, -0.2) is 4.98 Å². The molecule has 112 valence electrons. The van der Waals surface area contributed by atoms with Gasteiger partial charge >= 0.3 is 6.18 Å². The van der Waals surface area contributed by atoms with Crippen LogP contribution in [0.4, 0.5) is 13.2 Å². The van der Waals surface area contributed by atoms with E-state index in [1.807, 2.05) is 12.1 Å². The van der Waals surface area contributed by atoms with Crippen LogP contribution >= 0.6 is 0 Å². The summed E-state index contributed by atoms with van der Waals surface area (Å²) < 4.78 is 37.5. The Morgan fingerprint density at radius 3 is 2.10 bits per heavy atom. The van der Waals surface area contributed by atoms with Crippen LogP contribution < -0.4 is 0 Å². The molecule has 4 heteroatoms. The van der Waals surface area contributed by atoms with E-state index in [9.17, 15) is 13.2 Å². The molecule has 0 bridgehead atoms. The lowest BCUT2D eigenvalue weighted by Crippen LogP contribution is -2.04. The third-order valence-electron chi connectivity index (χ3n) is 3.41. The van der Waals surface area contributed by atoms with E-state index in [1.54, 1.807) is 6.20 Å². The Morgan fingerprint density at radius 1 is 0.905 bits per heavy atom. The lowest BCUT2D eigenvalue weighted by atomic mass is 10.0. The van der Waals surface area contributed by atoms with Gasteiger partial charge in [0.15, 0.2) is 0 Å². The van der Waals surface area contributed by atoms with Gasteiger partial charge in [0.25, 0.3) is 0 Å². The molecule has 0 amide bonds. The Kier molecular flexibility index (Phi) is 4.99. The first kappa shape index (κ1) is 15.5. The van der Waals surface area contributed by atoms with Crippen molar-refractivity contribution in [3.8, 4) is 11.1 Å². The predicted molar refractivity (Wildman–Crippen MR) is 77.9 cm³/mol. The minimum absolute atomic E-state index is 0.629. The van der Waals surface area contributed by atoms with E-state index in [2.05, 4.69) is 11.9 Å². The molecule has 1 nitrogen and oxygen atoms in total. The van der Waals surface area contributed by atoms with E-state index in [-0.39, 0.29) is 0 Å². The molecule has 0 saturated heterocycles. The zero-order valence-electron chi connectivity index (χ0n) is 12.0. The molecule has 2 rings (SSSR count). The first-order valence-corrected chi connectivity index (χ1v) is 7.13. The molecule has 0 radical (unpaired) electrons. The second kappa shape index (κ2) is 6.74. The molecule has 0 fully saturated rings. The van der Waals surface area contributed by atoms with E-state index in [4.69, 9.17) is 0 Å². The summed E-state index contributed by atoms with van der Waals surface area (Å²) in [6, 6.07) is 9.03. The lowest BCUT2D eigenvalue weighted by Gasteiger charge is -2.08. The van der Waals surface area contributed by atoms with Crippen molar-refractivity contribution in [2.24, 2.45) is 0 Å². The molecule has 0 unspecified atom stereocenters. The molecule has 1 aromatic heterocycles. The number of hydrogen-bond donors (Lipinski definition) is 0. The van der Waals surface area contributed by atoms with E-state index in [0.717, 1.165) is 41.8 Å². The van der Waals surface area contributed by atoms with Crippen molar-refractivity contribution in [2.45, 2.75) is 38.8 Å². The Labute approximate surface area is 122 Å². The summed E-state index contributed by atoms with van der Waals surface area (Å²) in [6.45, 7) is 2.15. The molecule has 0 atom stereocenters.